The average molecular weight is 257 g/mol. The lowest BCUT2D eigenvalue weighted by Gasteiger charge is -2.16. The van der Waals surface area contributed by atoms with Crippen LogP contribution in [0.1, 0.15) is 19.4 Å². The van der Waals surface area contributed by atoms with E-state index < -0.39 is 12.3 Å². The summed E-state index contributed by atoms with van der Waals surface area (Å²) < 4.78 is 17.8. The third-order valence-electron chi connectivity index (χ3n) is 2.52. The third kappa shape index (κ3) is 2.73. The van der Waals surface area contributed by atoms with E-state index in [1.807, 2.05) is 0 Å². The highest BCUT2D eigenvalue weighted by molar-refractivity contribution is 7.67. The van der Waals surface area contributed by atoms with Crippen LogP contribution in [0.3, 0.4) is 0 Å². The van der Waals surface area contributed by atoms with Gasteiger partial charge in [-0.25, -0.2) is 0 Å². The molecular formula is C11H16NO4P. The predicted octanol–water partition coefficient (Wildman–Crippen LogP) is 2.86. The molecule has 1 unspecified atom stereocenters. The van der Waals surface area contributed by atoms with Gasteiger partial charge in [0.25, 0.3) is 5.69 Å². The summed E-state index contributed by atoms with van der Waals surface area (Å²) in [6, 6.07) is 4.82. The average Bonchev–Trinajstić information content (AvgIpc) is 2.28. The van der Waals surface area contributed by atoms with Gasteiger partial charge in [0, 0.05) is 11.7 Å². The van der Waals surface area contributed by atoms with Crippen molar-refractivity contribution in [2.75, 3.05) is 12.8 Å². The summed E-state index contributed by atoms with van der Waals surface area (Å²) in [5.74, 6) is 0. The summed E-state index contributed by atoms with van der Waals surface area (Å²) in [5, 5.41) is 11.3. The Morgan fingerprint density at radius 2 is 2.06 bits per heavy atom. The second-order valence-corrected chi connectivity index (χ2v) is 6.33. The molecule has 0 saturated heterocycles. The lowest BCUT2D eigenvalue weighted by atomic mass is 10.2. The highest BCUT2D eigenvalue weighted by Crippen LogP contribution is 2.47. The zero-order chi connectivity index (χ0) is 13.1. The fraction of sp³-hybridized carbons (Fsp3) is 0.455. The Kier molecular flexibility index (Phi) is 4.43. The monoisotopic (exact) mass is 257 g/mol. The van der Waals surface area contributed by atoms with Gasteiger partial charge in [0.15, 0.2) is 0 Å². The lowest BCUT2D eigenvalue weighted by molar-refractivity contribution is -0.384. The van der Waals surface area contributed by atoms with Crippen LogP contribution in [-0.2, 0) is 9.09 Å². The van der Waals surface area contributed by atoms with Crippen LogP contribution in [0.2, 0.25) is 0 Å². The van der Waals surface area contributed by atoms with Crippen LogP contribution in [-0.4, -0.2) is 17.7 Å². The van der Waals surface area contributed by atoms with Gasteiger partial charge in [-0.1, -0.05) is 19.1 Å². The zero-order valence-corrected chi connectivity index (χ0v) is 11.1. The van der Waals surface area contributed by atoms with Crippen LogP contribution < -0.4 is 5.30 Å². The molecule has 1 rings (SSSR count). The van der Waals surface area contributed by atoms with E-state index in [4.69, 9.17) is 4.52 Å². The maximum atomic E-state index is 12.5. The topological polar surface area (TPSA) is 69.4 Å². The Hall–Kier alpha value is -1.19. The summed E-state index contributed by atoms with van der Waals surface area (Å²) in [7, 11) is -3.11. The maximum absolute atomic E-state index is 12.5. The number of para-hydroxylation sites is 1. The summed E-state index contributed by atoms with van der Waals surface area (Å²) in [6.45, 7) is 5.34. The fourth-order valence-corrected chi connectivity index (χ4v) is 3.67. The van der Waals surface area contributed by atoms with Crippen LogP contribution in [0.4, 0.5) is 5.69 Å². The van der Waals surface area contributed by atoms with Crippen molar-refractivity contribution >= 4 is 18.4 Å². The Bertz CT molecular complexity index is 473. The van der Waals surface area contributed by atoms with E-state index in [1.165, 1.54) is 6.07 Å². The van der Waals surface area contributed by atoms with E-state index in [9.17, 15) is 14.7 Å². The van der Waals surface area contributed by atoms with Crippen LogP contribution in [0, 0.1) is 17.0 Å². The van der Waals surface area contributed by atoms with Crippen molar-refractivity contribution < 1.29 is 14.0 Å². The Labute approximate surface area is 100 Å². The largest absolute Gasteiger partial charge is 0.325 e. The number of nitrogens with zero attached hydrogens (tertiary/aromatic N) is 1. The van der Waals surface area contributed by atoms with Gasteiger partial charge in [0.1, 0.15) is 5.30 Å². The molecule has 0 radical (unpaired) electrons. The molecule has 0 N–H and O–H groups in total. The number of benzene rings is 1. The highest BCUT2D eigenvalue weighted by Gasteiger charge is 2.32. The first-order valence-corrected chi connectivity index (χ1v) is 7.25. The number of hydrogen-bond acceptors (Lipinski definition) is 4. The molecule has 1 aromatic rings. The van der Waals surface area contributed by atoms with Crippen LogP contribution >= 0.6 is 7.37 Å². The Morgan fingerprint density at radius 3 is 2.53 bits per heavy atom. The molecule has 0 aliphatic carbocycles. The first-order chi connectivity index (χ1) is 7.96. The predicted molar refractivity (Wildman–Crippen MR) is 67.2 cm³/mol. The molecule has 1 atom stereocenters. The number of rotatable bonds is 5. The van der Waals surface area contributed by atoms with Gasteiger partial charge >= 0.3 is 0 Å². The van der Waals surface area contributed by atoms with Crippen molar-refractivity contribution in [2.24, 2.45) is 0 Å². The number of aryl methyl sites for hydroxylation is 1. The van der Waals surface area contributed by atoms with Gasteiger partial charge in [-0.3, -0.25) is 14.7 Å². The van der Waals surface area contributed by atoms with E-state index in [1.54, 1.807) is 32.9 Å². The highest BCUT2D eigenvalue weighted by atomic mass is 31.2. The van der Waals surface area contributed by atoms with Gasteiger partial charge in [0.2, 0.25) is 7.37 Å². The molecule has 0 aliphatic rings. The molecule has 0 heterocycles. The fourth-order valence-electron chi connectivity index (χ4n) is 1.70. The van der Waals surface area contributed by atoms with Crippen LogP contribution in [0.15, 0.2) is 18.2 Å². The van der Waals surface area contributed by atoms with Crippen LogP contribution in [0.25, 0.3) is 0 Å². The first kappa shape index (κ1) is 13.9. The Balaban J connectivity index is 3.44. The Morgan fingerprint density at radius 1 is 1.41 bits per heavy atom. The van der Waals surface area contributed by atoms with Gasteiger partial charge in [-0.2, -0.15) is 0 Å². The number of nitro benzene ring substituents is 1. The molecule has 1 aromatic carbocycles. The van der Waals surface area contributed by atoms with Crippen molar-refractivity contribution in [2.45, 2.75) is 20.8 Å². The van der Waals surface area contributed by atoms with Crippen LogP contribution in [0.5, 0.6) is 0 Å². The molecule has 5 nitrogen and oxygen atoms in total. The molecular weight excluding hydrogens is 241 g/mol. The van der Waals surface area contributed by atoms with Gasteiger partial charge in [-0.05, 0) is 19.9 Å². The molecule has 0 bridgehead atoms. The standard InChI is InChI=1S/C11H16NO4P/c1-4-16-17(15,5-2)10-8-6-7-9(3)11(10)12(13)14/h6-8H,4-5H2,1-3H3. The number of nitro groups is 1. The quantitative estimate of drug-likeness (QED) is 0.462. The van der Waals surface area contributed by atoms with E-state index in [0.29, 0.717) is 5.56 Å². The van der Waals surface area contributed by atoms with Gasteiger partial charge < -0.3 is 4.52 Å². The minimum atomic E-state index is -3.11. The third-order valence-corrected chi connectivity index (χ3v) is 5.12. The first-order valence-electron chi connectivity index (χ1n) is 5.44. The van der Waals surface area contributed by atoms with Crippen molar-refractivity contribution in [3.05, 3.63) is 33.9 Å². The molecule has 0 aromatic heterocycles. The molecule has 6 heteroatoms. The van der Waals surface area contributed by atoms with E-state index in [0.717, 1.165) is 0 Å². The SMILES string of the molecule is CCOP(=O)(CC)c1cccc(C)c1[N+](=O)[O-]. The normalized spacial score (nSPS) is 14.3. The van der Waals surface area contributed by atoms with Gasteiger partial charge in [-0.15, -0.1) is 0 Å². The summed E-state index contributed by atoms with van der Waals surface area (Å²) in [4.78, 5) is 10.5. The zero-order valence-electron chi connectivity index (χ0n) is 10.2. The summed E-state index contributed by atoms with van der Waals surface area (Å²) >= 11 is 0. The molecule has 0 spiro atoms. The molecule has 0 saturated carbocycles. The molecule has 17 heavy (non-hydrogen) atoms. The molecule has 0 aliphatic heterocycles. The van der Waals surface area contributed by atoms with E-state index >= 15 is 0 Å². The number of hydrogen-bond donors (Lipinski definition) is 0. The molecule has 0 fully saturated rings. The second kappa shape index (κ2) is 5.43. The molecule has 0 amide bonds. The van der Waals surface area contributed by atoms with E-state index in [2.05, 4.69) is 0 Å². The minimum Gasteiger partial charge on any atom is -0.325 e. The maximum Gasteiger partial charge on any atom is 0.285 e. The minimum absolute atomic E-state index is 0.0915. The van der Waals surface area contributed by atoms with Gasteiger partial charge in [0.05, 0.1) is 11.5 Å². The summed E-state index contributed by atoms with van der Waals surface area (Å²) in [5.41, 5.74) is 0.409. The van der Waals surface area contributed by atoms with Crippen molar-refractivity contribution in [3.63, 3.8) is 0 Å². The van der Waals surface area contributed by atoms with Crippen molar-refractivity contribution in [1.29, 1.82) is 0 Å². The smallest absolute Gasteiger partial charge is 0.285 e. The lowest BCUT2D eigenvalue weighted by Crippen LogP contribution is -2.15. The van der Waals surface area contributed by atoms with E-state index in [-0.39, 0.29) is 23.8 Å². The second-order valence-electron chi connectivity index (χ2n) is 3.61. The summed E-state index contributed by atoms with van der Waals surface area (Å²) in [6.07, 6.45) is 0.255. The van der Waals surface area contributed by atoms with Crippen molar-refractivity contribution in [1.82, 2.24) is 0 Å². The van der Waals surface area contributed by atoms with Crippen molar-refractivity contribution in [3.8, 4) is 0 Å². The molecule has 94 valence electrons.